The molecule has 2 aliphatic heterocycles. The minimum Gasteiger partial charge on any atom is -0.338 e. The lowest BCUT2D eigenvalue weighted by molar-refractivity contribution is 0.322. The summed E-state index contributed by atoms with van der Waals surface area (Å²) in [5, 5.41) is 5.46. The van der Waals surface area contributed by atoms with Crippen LogP contribution in [-0.4, -0.2) is 59.9 Å². The van der Waals surface area contributed by atoms with Gasteiger partial charge in [0.25, 0.3) is 0 Å². The fraction of sp³-hybridized carbons (Fsp3) is 0.316. The van der Waals surface area contributed by atoms with Gasteiger partial charge in [-0.05, 0) is 45.3 Å². The molecule has 0 amide bonds. The summed E-state index contributed by atoms with van der Waals surface area (Å²) in [4.78, 5) is 15.7. The molecule has 2 N–H and O–H groups in total. The van der Waals surface area contributed by atoms with Crippen LogP contribution in [0.2, 0.25) is 0 Å². The van der Waals surface area contributed by atoms with Crippen molar-refractivity contribution in [3.05, 3.63) is 47.9 Å². The van der Waals surface area contributed by atoms with Crippen LogP contribution in [-0.2, 0) is 0 Å². The first-order chi connectivity index (χ1) is 12.7. The third-order valence-electron chi connectivity index (χ3n) is 4.50. The van der Waals surface area contributed by atoms with Gasteiger partial charge in [-0.3, -0.25) is 9.99 Å². The molecule has 0 atom stereocenters. The molecular weight excluding hydrogens is 326 g/mol. The Morgan fingerprint density at radius 1 is 1.23 bits per heavy atom. The highest BCUT2D eigenvalue weighted by molar-refractivity contribution is 6.02. The average molecular weight is 349 g/mol. The van der Waals surface area contributed by atoms with Crippen molar-refractivity contribution in [2.45, 2.75) is 6.42 Å². The van der Waals surface area contributed by atoms with Crippen LogP contribution in [0.1, 0.15) is 17.5 Å². The van der Waals surface area contributed by atoms with E-state index in [2.05, 4.69) is 50.8 Å². The van der Waals surface area contributed by atoms with E-state index in [1.807, 2.05) is 30.9 Å². The average Bonchev–Trinajstić information content (AvgIpc) is 2.79. The van der Waals surface area contributed by atoms with Crippen molar-refractivity contribution in [1.82, 2.24) is 25.3 Å². The molecule has 134 valence electrons. The number of hydrogen-bond donors (Lipinski definition) is 2. The van der Waals surface area contributed by atoms with Gasteiger partial charge in [-0.2, -0.15) is 0 Å². The summed E-state index contributed by atoms with van der Waals surface area (Å²) >= 11 is 0. The molecule has 0 aromatic carbocycles. The van der Waals surface area contributed by atoms with Gasteiger partial charge in [0.05, 0.1) is 24.1 Å². The van der Waals surface area contributed by atoms with E-state index in [9.17, 15) is 0 Å². The molecule has 2 aromatic rings. The molecule has 0 saturated heterocycles. The van der Waals surface area contributed by atoms with Crippen molar-refractivity contribution in [3.8, 4) is 0 Å². The van der Waals surface area contributed by atoms with Gasteiger partial charge in [0.2, 0.25) is 0 Å². The van der Waals surface area contributed by atoms with Gasteiger partial charge in [0.15, 0.2) is 0 Å². The number of anilines is 2. The maximum Gasteiger partial charge on any atom is 0.139 e. The molecule has 26 heavy (non-hydrogen) atoms. The minimum atomic E-state index is 0.744. The molecule has 2 aliphatic rings. The Morgan fingerprint density at radius 3 is 3.04 bits per heavy atom. The normalized spacial score (nSPS) is 15.3. The molecule has 0 unspecified atom stereocenters. The summed E-state index contributed by atoms with van der Waals surface area (Å²) in [6.45, 7) is 2.71. The van der Waals surface area contributed by atoms with Crippen molar-refractivity contribution >= 4 is 29.1 Å². The maximum atomic E-state index is 4.75. The molecule has 0 aliphatic carbocycles. The first kappa shape index (κ1) is 16.7. The SMILES string of the molecule is CN(C)CCCNN1C=NC2=C(C1)c1ccncc1Nc1ncccc12. The van der Waals surface area contributed by atoms with E-state index in [4.69, 9.17) is 4.99 Å². The molecule has 0 saturated carbocycles. The first-order valence-electron chi connectivity index (χ1n) is 8.81. The van der Waals surface area contributed by atoms with Gasteiger partial charge in [0, 0.05) is 35.6 Å². The summed E-state index contributed by atoms with van der Waals surface area (Å²) in [6, 6.07) is 6.04. The number of nitrogens with zero attached hydrogens (tertiary/aromatic N) is 5. The zero-order chi connectivity index (χ0) is 17.9. The van der Waals surface area contributed by atoms with Crippen molar-refractivity contribution in [2.75, 3.05) is 39.0 Å². The number of hydrogen-bond acceptors (Lipinski definition) is 7. The fourth-order valence-corrected chi connectivity index (χ4v) is 3.23. The summed E-state index contributed by atoms with van der Waals surface area (Å²) in [6.07, 6.45) is 8.41. The summed E-state index contributed by atoms with van der Waals surface area (Å²) in [5.74, 6) is 0.816. The van der Waals surface area contributed by atoms with Crippen molar-refractivity contribution < 1.29 is 0 Å². The molecule has 4 rings (SSSR count). The summed E-state index contributed by atoms with van der Waals surface area (Å²) < 4.78 is 0. The standard InChI is InChI=1S/C19H23N7/c1-25(2)10-4-8-23-26-12-16-14-6-9-20-11-17(14)24-19-15(5-3-7-21-19)18(16)22-13-26/h3,5-7,9,11,13,23H,4,8,10,12H2,1-2H3,(H,21,24). The largest absolute Gasteiger partial charge is 0.338 e. The highest BCUT2D eigenvalue weighted by Gasteiger charge is 2.25. The van der Waals surface area contributed by atoms with Gasteiger partial charge in [0.1, 0.15) is 12.2 Å². The van der Waals surface area contributed by atoms with Crippen LogP contribution >= 0.6 is 0 Å². The Bertz CT molecular complexity index is 856. The van der Waals surface area contributed by atoms with E-state index in [0.717, 1.165) is 54.4 Å². The van der Waals surface area contributed by atoms with Crippen LogP contribution in [0.5, 0.6) is 0 Å². The second-order valence-corrected chi connectivity index (χ2v) is 6.71. The maximum absolute atomic E-state index is 4.75. The van der Waals surface area contributed by atoms with Gasteiger partial charge in [-0.1, -0.05) is 0 Å². The minimum absolute atomic E-state index is 0.744. The van der Waals surface area contributed by atoms with E-state index in [1.54, 1.807) is 6.20 Å². The quantitative estimate of drug-likeness (QED) is 0.807. The van der Waals surface area contributed by atoms with Crippen molar-refractivity contribution in [2.24, 2.45) is 4.99 Å². The van der Waals surface area contributed by atoms with Gasteiger partial charge in [-0.25, -0.2) is 15.4 Å². The van der Waals surface area contributed by atoms with Crippen molar-refractivity contribution in [3.63, 3.8) is 0 Å². The second kappa shape index (κ2) is 7.23. The number of hydrazine groups is 1. The monoisotopic (exact) mass is 349 g/mol. The van der Waals surface area contributed by atoms with E-state index < -0.39 is 0 Å². The predicted octanol–water partition coefficient (Wildman–Crippen LogP) is 2.20. The first-order valence-corrected chi connectivity index (χ1v) is 8.81. The molecule has 4 heterocycles. The fourth-order valence-electron chi connectivity index (χ4n) is 3.23. The van der Waals surface area contributed by atoms with Crippen LogP contribution < -0.4 is 10.7 Å². The molecule has 0 spiro atoms. The molecule has 7 nitrogen and oxygen atoms in total. The molecule has 0 bridgehead atoms. The van der Waals surface area contributed by atoms with Crippen LogP contribution in [0.3, 0.4) is 0 Å². The number of rotatable bonds is 5. The molecule has 0 fully saturated rings. The van der Waals surface area contributed by atoms with E-state index in [-0.39, 0.29) is 0 Å². The molecule has 7 heteroatoms. The number of fused-ring (bicyclic) bond motifs is 4. The topological polar surface area (TPSA) is 68.7 Å². The van der Waals surface area contributed by atoms with Gasteiger partial charge in [-0.15, -0.1) is 0 Å². The van der Waals surface area contributed by atoms with Crippen molar-refractivity contribution in [1.29, 1.82) is 0 Å². The van der Waals surface area contributed by atoms with Gasteiger partial charge >= 0.3 is 0 Å². The van der Waals surface area contributed by atoms with E-state index >= 15 is 0 Å². The molecule has 2 aromatic heterocycles. The highest BCUT2D eigenvalue weighted by atomic mass is 15.5. The lowest BCUT2D eigenvalue weighted by atomic mass is 10.0. The van der Waals surface area contributed by atoms with Crippen LogP contribution in [0.15, 0.2) is 41.8 Å². The number of aromatic nitrogens is 2. The second-order valence-electron chi connectivity index (χ2n) is 6.71. The summed E-state index contributed by atoms with van der Waals surface area (Å²) in [5.41, 5.74) is 8.69. The Hall–Kier alpha value is -2.77. The Morgan fingerprint density at radius 2 is 2.15 bits per heavy atom. The number of pyridine rings is 2. The lowest BCUT2D eigenvalue weighted by Crippen LogP contribution is -2.40. The third-order valence-corrected chi connectivity index (χ3v) is 4.50. The Balaban J connectivity index is 1.62. The molecular formula is C19H23N7. The van der Waals surface area contributed by atoms with Crippen LogP contribution in [0, 0.1) is 0 Å². The Kier molecular flexibility index (Phi) is 4.64. The smallest absolute Gasteiger partial charge is 0.139 e. The van der Waals surface area contributed by atoms with Crippen LogP contribution in [0.4, 0.5) is 11.5 Å². The van der Waals surface area contributed by atoms with E-state index in [1.165, 1.54) is 5.57 Å². The molecule has 0 radical (unpaired) electrons. The lowest BCUT2D eigenvalue weighted by Gasteiger charge is -2.27. The zero-order valence-corrected chi connectivity index (χ0v) is 15.1. The number of nitrogens with one attached hydrogen (secondary N) is 2. The zero-order valence-electron chi connectivity index (χ0n) is 15.1. The number of aliphatic imine (C=N–C) groups is 1. The summed E-state index contributed by atoms with van der Waals surface area (Å²) in [7, 11) is 4.18. The third kappa shape index (κ3) is 3.31. The van der Waals surface area contributed by atoms with Crippen LogP contribution in [0.25, 0.3) is 11.3 Å². The van der Waals surface area contributed by atoms with E-state index in [0.29, 0.717) is 0 Å². The highest BCUT2D eigenvalue weighted by Crippen LogP contribution is 2.40. The van der Waals surface area contributed by atoms with Gasteiger partial charge < -0.3 is 10.2 Å². The predicted molar refractivity (Wildman–Crippen MR) is 105 cm³/mol. The Labute approximate surface area is 153 Å².